The Morgan fingerprint density at radius 1 is 1.33 bits per heavy atom. The highest BCUT2D eigenvalue weighted by Crippen LogP contribution is 2.19. The minimum absolute atomic E-state index is 0.0782. The van der Waals surface area contributed by atoms with Crippen LogP contribution in [0.3, 0.4) is 0 Å². The molecule has 2 rings (SSSR count). The van der Waals surface area contributed by atoms with E-state index in [-0.39, 0.29) is 6.04 Å². The molecule has 0 bridgehead atoms. The van der Waals surface area contributed by atoms with Crippen molar-refractivity contribution in [1.82, 2.24) is 4.98 Å². The van der Waals surface area contributed by atoms with Crippen molar-refractivity contribution in [2.45, 2.75) is 26.3 Å². The van der Waals surface area contributed by atoms with Crippen molar-refractivity contribution in [3.05, 3.63) is 36.5 Å². The summed E-state index contributed by atoms with van der Waals surface area (Å²) in [4.78, 5) is 4.31. The number of nitrogens with two attached hydrogens (primary N) is 1. The van der Waals surface area contributed by atoms with E-state index in [1.165, 1.54) is 0 Å². The predicted octanol–water partition coefficient (Wildman–Crippen LogP) is 2.99. The van der Waals surface area contributed by atoms with Gasteiger partial charge in [-0.25, -0.2) is 0 Å². The molecule has 1 aromatic carbocycles. The minimum atomic E-state index is 0.0782. The van der Waals surface area contributed by atoms with Gasteiger partial charge in [0.05, 0.1) is 5.52 Å². The van der Waals surface area contributed by atoms with E-state index in [9.17, 15) is 0 Å². The molecule has 3 nitrogen and oxygen atoms in total. The highest BCUT2D eigenvalue weighted by Gasteiger charge is 2.11. The second kappa shape index (κ2) is 5.83. The van der Waals surface area contributed by atoms with E-state index >= 15 is 0 Å². The summed E-state index contributed by atoms with van der Waals surface area (Å²) in [5.41, 5.74) is 7.00. The van der Waals surface area contributed by atoms with E-state index in [2.05, 4.69) is 18.8 Å². The molecule has 0 aliphatic rings. The third-order valence-electron chi connectivity index (χ3n) is 3.39. The Hall–Kier alpha value is -1.61. The molecular formula is C15H20N2O. The predicted molar refractivity (Wildman–Crippen MR) is 74.7 cm³/mol. The number of nitrogens with zero attached hydrogens (tertiary/aromatic N) is 1. The Labute approximate surface area is 108 Å². The molecule has 3 heteroatoms. The highest BCUT2D eigenvalue weighted by molar-refractivity contribution is 5.79. The highest BCUT2D eigenvalue weighted by atomic mass is 16.5. The monoisotopic (exact) mass is 244 g/mol. The zero-order valence-corrected chi connectivity index (χ0v) is 11.0. The van der Waals surface area contributed by atoms with Crippen molar-refractivity contribution in [2.24, 2.45) is 11.7 Å². The molecule has 1 aromatic heterocycles. The van der Waals surface area contributed by atoms with E-state index in [0.717, 1.165) is 23.1 Å². The van der Waals surface area contributed by atoms with E-state index in [0.29, 0.717) is 12.5 Å². The molecule has 18 heavy (non-hydrogen) atoms. The van der Waals surface area contributed by atoms with Gasteiger partial charge in [0.25, 0.3) is 0 Å². The first-order valence-electron chi connectivity index (χ1n) is 6.44. The first-order chi connectivity index (χ1) is 8.70. The molecule has 0 saturated carbocycles. The molecule has 0 fully saturated rings. The maximum absolute atomic E-state index is 6.05. The molecule has 1 heterocycles. The van der Waals surface area contributed by atoms with Crippen LogP contribution in [0.5, 0.6) is 5.75 Å². The number of hydrogen-bond donors (Lipinski definition) is 1. The van der Waals surface area contributed by atoms with Crippen LogP contribution in [0.25, 0.3) is 10.9 Å². The molecule has 0 amide bonds. The number of fused-ring (bicyclic) bond motifs is 1. The van der Waals surface area contributed by atoms with Crippen molar-refractivity contribution >= 4 is 10.9 Å². The molecule has 0 aliphatic carbocycles. The lowest BCUT2D eigenvalue weighted by molar-refractivity contribution is 0.250. The van der Waals surface area contributed by atoms with Gasteiger partial charge in [-0.1, -0.05) is 26.3 Å². The summed E-state index contributed by atoms with van der Waals surface area (Å²) < 4.78 is 5.73. The number of aromatic nitrogens is 1. The van der Waals surface area contributed by atoms with Crippen LogP contribution in [0.15, 0.2) is 36.5 Å². The molecule has 96 valence electrons. The number of hydrogen-bond acceptors (Lipinski definition) is 3. The molecule has 2 atom stereocenters. The second-order valence-electron chi connectivity index (χ2n) is 4.72. The van der Waals surface area contributed by atoms with Crippen LogP contribution in [0.2, 0.25) is 0 Å². The number of rotatable bonds is 5. The smallest absolute Gasteiger partial charge is 0.121 e. The van der Waals surface area contributed by atoms with Gasteiger partial charge in [-0.3, -0.25) is 4.98 Å². The summed E-state index contributed by atoms with van der Waals surface area (Å²) in [5, 5.41) is 1.12. The van der Waals surface area contributed by atoms with Crippen LogP contribution in [-0.4, -0.2) is 17.6 Å². The maximum atomic E-state index is 6.05. The van der Waals surface area contributed by atoms with Crippen LogP contribution in [0.4, 0.5) is 0 Å². The average Bonchev–Trinajstić information content (AvgIpc) is 2.43. The summed E-state index contributed by atoms with van der Waals surface area (Å²) >= 11 is 0. The third kappa shape index (κ3) is 2.99. The summed E-state index contributed by atoms with van der Waals surface area (Å²) in [5.74, 6) is 1.31. The summed E-state index contributed by atoms with van der Waals surface area (Å²) in [7, 11) is 0. The molecule has 2 N–H and O–H groups in total. The molecule has 0 aliphatic heterocycles. The van der Waals surface area contributed by atoms with Gasteiger partial charge >= 0.3 is 0 Å². The zero-order chi connectivity index (χ0) is 13.0. The SMILES string of the molecule is CCC(C)C(N)COc1ccc2cccnc2c1. The van der Waals surface area contributed by atoms with Crippen LogP contribution >= 0.6 is 0 Å². The van der Waals surface area contributed by atoms with Gasteiger partial charge in [-0.2, -0.15) is 0 Å². The van der Waals surface area contributed by atoms with Crippen LogP contribution in [0.1, 0.15) is 20.3 Å². The average molecular weight is 244 g/mol. The topological polar surface area (TPSA) is 48.1 Å². The molecule has 0 radical (unpaired) electrons. The van der Waals surface area contributed by atoms with Crippen molar-refractivity contribution < 1.29 is 4.74 Å². The quantitative estimate of drug-likeness (QED) is 0.879. The van der Waals surface area contributed by atoms with Gasteiger partial charge in [0.2, 0.25) is 0 Å². The Balaban J connectivity index is 2.04. The second-order valence-corrected chi connectivity index (χ2v) is 4.72. The van der Waals surface area contributed by atoms with E-state index in [1.54, 1.807) is 6.20 Å². The van der Waals surface area contributed by atoms with Crippen molar-refractivity contribution in [1.29, 1.82) is 0 Å². The fourth-order valence-corrected chi connectivity index (χ4v) is 1.80. The summed E-state index contributed by atoms with van der Waals surface area (Å²) in [6.45, 7) is 4.84. The van der Waals surface area contributed by atoms with Gasteiger partial charge < -0.3 is 10.5 Å². The molecule has 0 saturated heterocycles. The van der Waals surface area contributed by atoms with Gasteiger partial charge in [0, 0.05) is 23.7 Å². The third-order valence-corrected chi connectivity index (χ3v) is 3.39. The summed E-state index contributed by atoms with van der Waals surface area (Å²) in [6.07, 6.45) is 2.86. The lowest BCUT2D eigenvalue weighted by atomic mass is 10.0. The van der Waals surface area contributed by atoms with Crippen molar-refractivity contribution in [2.75, 3.05) is 6.61 Å². The number of ether oxygens (including phenoxy) is 1. The molecule has 2 unspecified atom stereocenters. The lowest BCUT2D eigenvalue weighted by Crippen LogP contribution is -2.34. The van der Waals surface area contributed by atoms with E-state index < -0.39 is 0 Å². The van der Waals surface area contributed by atoms with Crippen molar-refractivity contribution in [3.63, 3.8) is 0 Å². The fourth-order valence-electron chi connectivity index (χ4n) is 1.80. The van der Waals surface area contributed by atoms with Crippen LogP contribution in [0, 0.1) is 5.92 Å². The lowest BCUT2D eigenvalue weighted by Gasteiger charge is -2.18. The van der Waals surface area contributed by atoms with Gasteiger partial charge in [-0.05, 0) is 24.1 Å². The van der Waals surface area contributed by atoms with Gasteiger partial charge in [-0.15, -0.1) is 0 Å². The number of pyridine rings is 1. The molecule has 0 spiro atoms. The Bertz CT molecular complexity index is 513. The summed E-state index contributed by atoms with van der Waals surface area (Å²) in [6, 6.07) is 9.99. The fraction of sp³-hybridized carbons (Fsp3) is 0.400. The Morgan fingerprint density at radius 2 is 2.17 bits per heavy atom. The number of benzene rings is 1. The Kier molecular flexibility index (Phi) is 4.15. The van der Waals surface area contributed by atoms with E-state index in [4.69, 9.17) is 10.5 Å². The van der Waals surface area contributed by atoms with Crippen LogP contribution in [-0.2, 0) is 0 Å². The van der Waals surface area contributed by atoms with Crippen LogP contribution < -0.4 is 10.5 Å². The first kappa shape index (κ1) is 12.8. The maximum Gasteiger partial charge on any atom is 0.121 e. The minimum Gasteiger partial charge on any atom is -0.492 e. The molecular weight excluding hydrogens is 224 g/mol. The first-order valence-corrected chi connectivity index (χ1v) is 6.44. The zero-order valence-electron chi connectivity index (χ0n) is 11.0. The van der Waals surface area contributed by atoms with Gasteiger partial charge in [0.1, 0.15) is 12.4 Å². The van der Waals surface area contributed by atoms with Gasteiger partial charge in [0.15, 0.2) is 0 Å². The molecule has 2 aromatic rings. The normalized spacial score (nSPS) is 14.4. The van der Waals surface area contributed by atoms with Crippen molar-refractivity contribution in [3.8, 4) is 5.75 Å². The Morgan fingerprint density at radius 3 is 2.94 bits per heavy atom. The largest absolute Gasteiger partial charge is 0.492 e. The van der Waals surface area contributed by atoms with E-state index in [1.807, 2.05) is 30.3 Å². The standard InChI is InChI=1S/C15H20N2O/c1-3-11(2)14(16)10-18-13-7-6-12-5-4-8-17-15(12)9-13/h4-9,11,14H,3,10,16H2,1-2H3.